The van der Waals surface area contributed by atoms with Crippen LogP contribution in [-0.2, 0) is 9.47 Å². The molecule has 9 heteroatoms. The number of rotatable bonds is 7. The predicted octanol–water partition coefficient (Wildman–Crippen LogP) is 3.38. The Morgan fingerprint density at radius 2 is 1.65 bits per heavy atom. The molecule has 0 fully saturated rings. The summed E-state index contributed by atoms with van der Waals surface area (Å²) >= 11 is 0. The van der Waals surface area contributed by atoms with Gasteiger partial charge in [-0.05, 0) is 52.3 Å². The maximum absolute atomic E-state index is 12.9. The highest BCUT2D eigenvalue weighted by molar-refractivity contribution is 6.06. The molecule has 2 rings (SSSR count). The molecule has 0 radical (unpaired) electrons. The smallest absolute Gasteiger partial charge is 0.340 e. The second kappa shape index (κ2) is 9.92. The molecule has 2 amide bonds. The average Bonchev–Trinajstić information content (AvgIpc) is 3.00. The van der Waals surface area contributed by atoms with Gasteiger partial charge in [-0.3, -0.25) is 4.79 Å². The summed E-state index contributed by atoms with van der Waals surface area (Å²) in [5.41, 5.74) is 1.71. The number of aromatic amines is 1. The van der Waals surface area contributed by atoms with Crippen molar-refractivity contribution in [2.75, 3.05) is 12.4 Å². The van der Waals surface area contributed by atoms with Crippen molar-refractivity contribution in [2.45, 2.75) is 46.8 Å². The molecule has 0 aliphatic heterocycles. The van der Waals surface area contributed by atoms with Crippen LogP contribution < -0.4 is 10.6 Å². The van der Waals surface area contributed by atoms with Crippen LogP contribution in [0.4, 0.5) is 10.5 Å². The Kier molecular flexibility index (Phi) is 7.57. The molecule has 1 aromatic carbocycles. The van der Waals surface area contributed by atoms with E-state index in [1.807, 2.05) is 13.8 Å². The first-order valence-electron chi connectivity index (χ1n) is 9.76. The number of amides is 2. The first kappa shape index (κ1) is 23.7. The SMILES string of the molecule is COC(=O)c1c(C)[nH]c(C(=O)[C@H](C)OC(=O)c2ccccc2NC(=O)NC(C)C)c1C. The Bertz CT molecular complexity index is 1010. The lowest BCUT2D eigenvalue weighted by molar-refractivity contribution is 0.0317. The summed E-state index contributed by atoms with van der Waals surface area (Å²) in [5, 5.41) is 5.27. The van der Waals surface area contributed by atoms with E-state index in [4.69, 9.17) is 9.47 Å². The van der Waals surface area contributed by atoms with Crippen molar-refractivity contribution in [2.24, 2.45) is 0 Å². The summed E-state index contributed by atoms with van der Waals surface area (Å²) in [4.78, 5) is 52.4. The number of ketones is 1. The van der Waals surface area contributed by atoms with Gasteiger partial charge in [0.1, 0.15) is 0 Å². The van der Waals surface area contributed by atoms with Crippen LogP contribution in [0.2, 0.25) is 0 Å². The van der Waals surface area contributed by atoms with E-state index in [2.05, 4.69) is 15.6 Å². The number of carbonyl (C=O) groups excluding carboxylic acids is 4. The van der Waals surface area contributed by atoms with Gasteiger partial charge in [0.15, 0.2) is 6.10 Å². The first-order chi connectivity index (χ1) is 14.6. The summed E-state index contributed by atoms with van der Waals surface area (Å²) in [6, 6.07) is 5.78. The molecule has 0 saturated carbocycles. The van der Waals surface area contributed by atoms with Crippen LogP contribution in [0.25, 0.3) is 0 Å². The Morgan fingerprint density at radius 3 is 2.26 bits per heavy atom. The van der Waals surface area contributed by atoms with Crippen LogP contribution in [-0.4, -0.2) is 48.0 Å². The van der Waals surface area contributed by atoms with E-state index in [0.29, 0.717) is 11.3 Å². The highest BCUT2D eigenvalue weighted by Gasteiger charge is 2.28. The molecular formula is C22H27N3O6. The molecule has 1 atom stereocenters. The van der Waals surface area contributed by atoms with Crippen molar-refractivity contribution in [1.82, 2.24) is 10.3 Å². The fourth-order valence-corrected chi connectivity index (χ4v) is 3.08. The van der Waals surface area contributed by atoms with Crippen LogP contribution in [0.3, 0.4) is 0 Å². The third kappa shape index (κ3) is 5.50. The Hall–Kier alpha value is -3.62. The van der Waals surface area contributed by atoms with Gasteiger partial charge in [-0.25, -0.2) is 14.4 Å². The van der Waals surface area contributed by atoms with Crippen molar-refractivity contribution < 1.29 is 28.7 Å². The number of H-pyrrole nitrogens is 1. The number of esters is 2. The minimum Gasteiger partial charge on any atom is -0.465 e. The van der Waals surface area contributed by atoms with Crippen LogP contribution in [0, 0.1) is 13.8 Å². The van der Waals surface area contributed by atoms with Gasteiger partial charge in [-0.15, -0.1) is 0 Å². The minimum atomic E-state index is -1.13. The number of aromatic nitrogens is 1. The van der Waals surface area contributed by atoms with E-state index in [1.165, 1.54) is 20.1 Å². The fourth-order valence-electron chi connectivity index (χ4n) is 3.08. The first-order valence-corrected chi connectivity index (χ1v) is 9.76. The van der Waals surface area contributed by atoms with Crippen LogP contribution >= 0.6 is 0 Å². The molecule has 0 aliphatic rings. The maximum atomic E-state index is 12.9. The monoisotopic (exact) mass is 429 g/mol. The Morgan fingerprint density at radius 1 is 1.00 bits per heavy atom. The number of urea groups is 1. The second-order valence-corrected chi connectivity index (χ2v) is 7.33. The zero-order chi connectivity index (χ0) is 23.3. The molecule has 0 saturated heterocycles. The fraction of sp³-hybridized carbons (Fsp3) is 0.364. The normalized spacial score (nSPS) is 11.6. The van der Waals surface area contributed by atoms with Crippen molar-refractivity contribution in [3.63, 3.8) is 0 Å². The standard InChI is InChI=1S/C22H27N3O6/c1-11(2)23-22(29)25-16-10-8-7-9-15(16)20(27)31-14(5)19(26)18-12(3)17(13(4)24-18)21(28)30-6/h7-11,14,24H,1-6H3,(H2,23,25,29)/t14-/m0/s1. The van der Waals surface area contributed by atoms with Gasteiger partial charge in [0.05, 0.1) is 29.6 Å². The van der Waals surface area contributed by atoms with Crippen molar-refractivity contribution >= 4 is 29.4 Å². The summed E-state index contributed by atoms with van der Waals surface area (Å²) in [6.07, 6.45) is -1.13. The molecule has 1 heterocycles. The number of carbonyl (C=O) groups is 4. The molecule has 166 valence electrons. The lowest BCUT2D eigenvalue weighted by Crippen LogP contribution is -2.34. The van der Waals surface area contributed by atoms with Crippen molar-refractivity contribution in [3.8, 4) is 0 Å². The summed E-state index contributed by atoms with van der Waals surface area (Å²) in [7, 11) is 1.26. The van der Waals surface area contributed by atoms with Gasteiger partial charge in [-0.1, -0.05) is 12.1 Å². The second-order valence-electron chi connectivity index (χ2n) is 7.33. The van der Waals surface area contributed by atoms with Gasteiger partial charge in [0.2, 0.25) is 5.78 Å². The number of para-hydroxylation sites is 1. The number of hydrogen-bond acceptors (Lipinski definition) is 6. The van der Waals surface area contributed by atoms with E-state index < -0.39 is 29.9 Å². The van der Waals surface area contributed by atoms with E-state index >= 15 is 0 Å². The molecule has 0 unspecified atom stereocenters. The molecule has 2 aromatic rings. The van der Waals surface area contributed by atoms with Crippen LogP contribution in [0.15, 0.2) is 24.3 Å². The third-order valence-electron chi connectivity index (χ3n) is 4.54. The highest BCUT2D eigenvalue weighted by atomic mass is 16.5. The van der Waals surface area contributed by atoms with Gasteiger partial charge in [0, 0.05) is 11.7 Å². The quantitative estimate of drug-likeness (QED) is 0.457. The van der Waals surface area contributed by atoms with Gasteiger partial charge in [0.25, 0.3) is 0 Å². The van der Waals surface area contributed by atoms with Crippen LogP contribution in [0.1, 0.15) is 63.2 Å². The van der Waals surface area contributed by atoms with E-state index in [0.717, 1.165) is 0 Å². The molecule has 31 heavy (non-hydrogen) atoms. The maximum Gasteiger partial charge on any atom is 0.340 e. The molecule has 1 aromatic heterocycles. The van der Waals surface area contributed by atoms with E-state index in [1.54, 1.807) is 32.0 Å². The largest absolute Gasteiger partial charge is 0.465 e. The molecule has 0 bridgehead atoms. The number of aryl methyl sites for hydroxylation is 1. The molecule has 3 N–H and O–H groups in total. The molecule has 0 spiro atoms. The van der Waals surface area contributed by atoms with E-state index in [9.17, 15) is 19.2 Å². The lowest BCUT2D eigenvalue weighted by atomic mass is 10.1. The van der Waals surface area contributed by atoms with Gasteiger partial charge < -0.3 is 25.1 Å². The highest BCUT2D eigenvalue weighted by Crippen LogP contribution is 2.22. The molecule has 0 aliphatic carbocycles. The van der Waals surface area contributed by atoms with Crippen molar-refractivity contribution in [1.29, 1.82) is 0 Å². The molecule has 9 nitrogen and oxygen atoms in total. The van der Waals surface area contributed by atoms with Gasteiger partial charge in [-0.2, -0.15) is 0 Å². The number of methoxy groups -OCH3 is 1. The number of Topliss-reactive ketones (excluding diaryl/α,β-unsaturated/α-hetero) is 1. The zero-order valence-corrected chi connectivity index (χ0v) is 18.4. The number of hydrogen-bond donors (Lipinski definition) is 3. The van der Waals surface area contributed by atoms with E-state index in [-0.39, 0.29) is 28.6 Å². The summed E-state index contributed by atoms with van der Waals surface area (Å²) in [5.74, 6) is -1.82. The lowest BCUT2D eigenvalue weighted by Gasteiger charge is -2.15. The van der Waals surface area contributed by atoms with Crippen LogP contribution in [0.5, 0.6) is 0 Å². The number of benzene rings is 1. The summed E-state index contributed by atoms with van der Waals surface area (Å²) < 4.78 is 10.1. The average molecular weight is 429 g/mol. The number of anilines is 1. The third-order valence-corrected chi connectivity index (χ3v) is 4.54. The number of nitrogens with one attached hydrogen (secondary N) is 3. The van der Waals surface area contributed by atoms with Crippen molar-refractivity contribution in [3.05, 3.63) is 52.3 Å². The Labute approximate surface area is 180 Å². The zero-order valence-electron chi connectivity index (χ0n) is 18.4. The Balaban J connectivity index is 2.19. The van der Waals surface area contributed by atoms with Gasteiger partial charge >= 0.3 is 18.0 Å². The minimum absolute atomic E-state index is 0.0841. The molecular weight excluding hydrogens is 402 g/mol. The predicted molar refractivity (Wildman–Crippen MR) is 115 cm³/mol. The topological polar surface area (TPSA) is 127 Å². The summed E-state index contributed by atoms with van der Waals surface area (Å²) in [6.45, 7) is 8.32. The number of ether oxygens (including phenoxy) is 2.